The van der Waals surface area contributed by atoms with Crippen molar-refractivity contribution < 1.29 is 4.79 Å². The molecule has 1 saturated carbocycles. The molecule has 2 aromatic rings. The van der Waals surface area contributed by atoms with E-state index in [-0.39, 0.29) is 11.2 Å². The number of benzene rings is 1. The number of amides is 1. The molecule has 1 aromatic carbocycles. The van der Waals surface area contributed by atoms with Crippen LogP contribution in [-0.2, 0) is 4.79 Å². The van der Waals surface area contributed by atoms with Crippen molar-refractivity contribution in [2.45, 2.75) is 54.7 Å². The number of hydrogen-bond donors (Lipinski definition) is 2. The van der Waals surface area contributed by atoms with Crippen molar-refractivity contribution in [1.29, 1.82) is 0 Å². The first-order chi connectivity index (χ1) is 12.5. The molecular weight excluding hydrogens is 411 g/mol. The van der Waals surface area contributed by atoms with E-state index in [9.17, 15) is 4.79 Å². The van der Waals surface area contributed by atoms with Crippen LogP contribution in [0.4, 0.5) is 10.8 Å². The van der Waals surface area contributed by atoms with Crippen LogP contribution in [-0.4, -0.2) is 27.4 Å². The number of halogens is 2. The van der Waals surface area contributed by atoms with Gasteiger partial charge in [-0.15, -0.1) is 10.2 Å². The van der Waals surface area contributed by atoms with E-state index in [0.29, 0.717) is 21.8 Å². The molecule has 140 valence electrons. The van der Waals surface area contributed by atoms with Gasteiger partial charge in [-0.1, -0.05) is 71.6 Å². The van der Waals surface area contributed by atoms with Crippen LogP contribution in [0.2, 0.25) is 10.0 Å². The van der Waals surface area contributed by atoms with Gasteiger partial charge in [0.15, 0.2) is 4.34 Å². The summed E-state index contributed by atoms with van der Waals surface area (Å²) in [5, 5.41) is 15.9. The van der Waals surface area contributed by atoms with E-state index in [1.165, 1.54) is 55.2 Å². The predicted octanol–water partition coefficient (Wildman–Crippen LogP) is 5.71. The SMILES string of the molecule is CC(Sc1nnc(NC2CCCCC2)s1)C(=O)Nc1cccc(Cl)c1Cl. The van der Waals surface area contributed by atoms with E-state index in [1.807, 2.05) is 6.92 Å². The Morgan fingerprint density at radius 1 is 1.27 bits per heavy atom. The van der Waals surface area contributed by atoms with Crippen molar-refractivity contribution in [3.05, 3.63) is 28.2 Å². The fourth-order valence-electron chi connectivity index (χ4n) is 2.78. The van der Waals surface area contributed by atoms with Crippen LogP contribution in [0.15, 0.2) is 22.5 Å². The molecule has 0 saturated heterocycles. The van der Waals surface area contributed by atoms with Crippen molar-refractivity contribution in [2.24, 2.45) is 0 Å². The van der Waals surface area contributed by atoms with E-state index < -0.39 is 0 Å². The van der Waals surface area contributed by atoms with E-state index in [1.54, 1.807) is 18.2 Å². The molecule has 1 aliphatic carbocycles. The quantitative estimate of drug-likeness (QED) is 0.574. The summed E-state index contributed by atoms with van der Waals surface area (Å²) < 4.78 is 0.767. The molecule has 9 heteroatoms. The highest BCUT2D eigenvalue weighted by Crippen LogP contribution is 2.33. The van der Waals surface area contributed by atoms with Gasteiger partial charge in [0, 0.05) is 6.04 Å². The van der Waals surface area contributed by atoms with Crippen LogP contribution >= 0.6 is 46.3 Å². The summed E-state index contributed by atoms with van der Waals surface area (Å²) in [6, 6.07) is 5.64. The van der Waals surface area contributed by atoms with Crippen LogP contribution in [0.5, 0.6) is 0 Å². The highest BCUT2D eigenvalue weighted by molar-refractivity contribution is 8.02. The average Bonchev–Trinajstić information content (AvgIpc) is 3.06. The number of rotatable bonds is 6. The number of aromatic nitrogens is 2. The monoisotopic (exact) mass is 430 g/mol. The largest absolute Gasteiger partial charge is 0.357 e. The molecule has 2 N–H and O–H groups in total. The highest BCUT2D eigenvalue weighted by Gasteiger charge is 2.20. The Labute approximate surface area is 171 Å². The Balaban J connectivity index is 1.54. The molecular formula is C17H20Cl2N4OS2. The van der Waals surface area contributed by atoms with E-state index in [4.69, 9.17) is 23.2 Å². The summed E-state index contributed by atoms with van der Waals surface area (Å²) in [4.78, 5) is 12.4. The lowest BCUT2D eigenvalue weighted by atomic mass is 9.96. The molecule has 0 bridgehead atoms. The zero-order valence-electron chi connectivity index (χ0n) is 14.3. The van der Waals surface area contributed by atoms with Crippen LogP contribution in [0.3, 0.4) is 0 Å². The minimum atomic E-state index is -0.333. The Bertz CT molecular complexity index is 765. The Kier molecular flexibility index (Phi) is 7.03. The number of nitrogens with one attached hydrogen (secondary N) is 2. The Morgan fingerprint density at radius 2 is 2.04 bits per heavy atom. The van der Waals surface area contributed by atoms with Gasteiger partial charge in [0.2, 0.25) is 11.0 Å². The molecule has 5 nitrogen and oxygen atoms in total. The van der Waals surface area contributed by atoms with Crippen molar-refractivity contribution in [3.8, 4) is 0 Å². The lowest BCUT2D eigenvalue weighted by Gasteiger charge is -2.21. The highest BCUT2D eigenvalue weighted by atomic mass is 35.5. The fourth-order valence-corrected chi connectivity index (χ4v) is 5.10. The number of thioether (sulfide) groups is 1. The van der Waals surface area contributed by atoms with E-state index >= 15 is 0 Å². The van der Waals surface area contributed by atoms with Gasteiger partial charge in [-0.3, -0.25) is 4.79 Å². The average molecular weight is 431 g/mol. The van der Waals surface area contributed by atoms with Gasteiger partial charge in [-0.2, -0.15) is 0 Å². The van der Waals surface area contributed by atoms with Gasteiger partial charge in [-0.25, -0.2) is 0 Å². The van der Waals surface area contributed by atoms with Crippen LogP contribution in [0.1, 0.15) is 39.0 Å². The maximum atomic E-state index is 12.4. The van der Waals surface area contributed by atoms with Gasteiger partial charge in [0.25, 0.3) is 0 Å². The second-order valence-electron chi connectivity index (χ2n) is 6.20. The number of carbonyl (C=O) groups excluding carboxylic acids is 1. The summed E-state index contributed by atoms with van der Waals surface area (Å²) >= 11 is 15.0. The molecule has 3 rings (SSSR count). The zero-order chi connectivity index (χ0) is 18.5. The minimum absolute atomic E-state index is 0.156. The Morgan fingerprint density at radius 3 is 2.81 bits per heavy atom. The number of nitrogens with zero attached hydrogens (tertiary/aromatic N) is 2. The molecule has 1 amide bonds. The minimum Gasteiger partial charge on any atom is -0.357 e. The van der Waals surface area contributed by atoms with Crippen LogP contribution in [0.25, 0.3) is 0 Å². The van der Waals surface area contributed by atoms with Gasteiger partial charge < -0.3 is 10.6 Å². The Hall–Kier alpha value is -1.02. The first-order valence-electron chi connectivity index (χ1n) is 8.54. The summed E-state index contributed by atoms with van der Waals surface area (Å²) in [5.74, 6) is -0.156. The summed E-state index contributed by atoms with van der Waals surface area (Å²) in [6.07, 6.45) is 6.21. The molecule has 26 heavy (non-hydrogen) atoms. The predicted molar refractivity (Wildman–Crippen MR) is 111 cm³/mol. The second-order valence-corrected chi connectivity index (χ2v) is 9.55. The molecule has 0 spiro atoms. The first-order valence-corrected chi connectivity index (χ1v) is 11.0. The fraction of sp³-hybridized carbons (Fsp3) is 0.471. The van der Waals surface area contributed by atoms with Crippen molar-refractivity contribution in [2.75, 3.05) is 10.6 Å². The summed E-state index contributed by atoms with van der Waals surface area (Å²) in [6.45, 7) is 1.83. The molecule has 1 unspecified atom stereocenters. The van der Waals surface area contributed by atoms with Gasteiger partial charge >= 0.3 is 0 Å². The molecule has 1 aliphatic rings. The summed E-state index contributed by atoms with van der Waals surface area (Å²) in [7, 11) is 0. The molecule has 1 heterocycles. The lowest BCUT2D eigenvalue weighted by Crippen LogP contribution is -2.22. The van der Waals surface area contributed by atoms with Crippen LogP contribution < -0.4 is 10.6 Å². The summed E-state index contributed by atoms with van der Waals surface area (Å²) in [5.41, 5.74) is 0.508. The molecule has 1 fully saturated rings. The van der Waals surface area contributed by atoms with Gasteiger partial charge in [-0.05, 0) is 31.9 Å². The molecule has 1 atom stereocenters. The lowest BCUT2D eigenvalue weighted by molar-refractivity contribution is -0.115. The molecule has 0 radical (unpaired) electrons. The second kappa shape index (κ2) is 9.26. The van der Waals surface area contributed by atoms with Crippen molar-refractivity contribution in [1.82, 2.24) is 10.2 Å². The standard InChI is InChI=1S/C17H20Cl2N4OS2/c1-10(15(24)21-13-9-5-8-12(18)14(13)19)25-17-23-22-16(26-17)20-11-6-3-2-4-7-11/h5,8-11H,2-4,6-7H2,1H3,(H,20,22)(H,21,24). The van der Waals surface area contributed by atoms with Crippen molar-refractivity contribution >= 4 is 63.0 Å². The topological polar surface area (TPSA) is 66.9 Å². The molecule has 0 aliphatic heterocycles. The van der Waals surface area contributed by atoms with E-state index in [0.717, 1.165) is 9.47 Å². The third kappa shape index (κ3) is 5.25. The van der Waals surface area contributed by atoms with Crippen LogP contribution in [0, 0.1) is 0 Å². The third-order valence-electron chi connectivity index (χ3n) is 4.20. The number of carbonyl (C=O) groups is 1. The van der Waals surface area contributed by atoms with Gasteiger partial charge in [0.05, 0.1) is 21.0 Å². The normalized spacial score (nSPS) is 16.3. The maximum absolute atomic E-state index is 12.4. The first kappa shape index (κ1) is 19.7. The zero-order valence-corrected chi connectivity index (χ0v) is 17.4. The van der Waals surface area contributed by atoms with E-state index in [2.05, 4.69) is 20.8 Å². The number of hydrogen-bond acceptors (Lipinski definition) is 6. The third-order valence-corrected chi connectivity index (χ3v) is 7.05. The number of anilines is 2. The van der Waals surface area contributed by atoms with Crippen molar-refractivity contribution in [3.63, 3.8) is 0 Å². The maximum Gasteiger partial charge on any atom is 0.237 e. The smallest absolute Gasteiger partial charge is 0.237 e. The molecule has 1 aromatic heterocycles. The van der Waals surface area contributed by atoms with Gasteiger partial charge in [0.1, 0.15) is 0 Å².